The number of rotatable bonds is 3. The van der Waals surface area contributed by atoms with Crippen LogP contribution in [-0.4, -0.2) is 17.1 Å². The fraction of sp³-hybridized carbons (Fsp3) is 0.375. The Labute approximate surface area is 124 Å². The second kappa shape index (κ2) is 5.02. The summed E-state index contributed by atoms with van der Waals surface area (Å²) in [5.41, 5.74) is 4.45. The van der Waals surface area contributed by atoms with E-state index in [2.05, 4.69) is 35.9 Å². The SMILES string of the molecule is COc1cc(C)cc(C)c1-c1cc(=S)nc(C2CC2)[nH]1. The second-order valence-corrected chi connectivity index (χ2v) is 5.87. The molecular weight excluding hydrogens is 268 g/mol. The number of aromatic nitrogens is 2. The summed E-state index contributed by atoms with van der Waals surface area (Å²) in [5, 5.41) is 0. The van der Waals surface area contributed by atoms with Gasteiger partial charge in [0.05, 0.1) is 12.8 Å². The lowest BCUT2D eigenvalue weighted by atomic mass is 10.0. The number of hydrogen-bond acceptors (Lipinski definition) is 3. The van der Waals surface area contributed by atoms with Crippen LogP contribution in [0.5, 0.6) is 5.75 Å². The van der Waals surface area contributed by atoms with Crippen molar-refractivity contribution in [3.63, 3.8) is 0 Å². The van der Waals surface area contributed by atoms with Gasteiger partial charge < -0.3 is 9.72 Å². The molecule has 0 bridgehead atoms. The van der Waals surface area contributed by atoms with Crippen molar-refractivity contribution in [3.8, 4) is 17.0 Å². The lowest BCUT2D eigenvalue weighted by Crippen LogP contribution is -1.99. The number of methoxy groups -OCH3 is 1. The minimum Gasteiger partial charge on any atom is -0.496 e. The molecule has 1 aliphatic carbocycles. The molecule has 0 saturated heterocycles. The van der Waals surface area contributed by atoms with Gasteiger partial charge in [-0.25, -0.2) is 4.98 Å². The van der Waals surface area contributed by atoms with Crippen molar-refractivity contribution >= 4 is 12.2 Å². The lowest BCUT2D eigenvalue weighted by Gasteiger charge is -2.14. The molecule has 0 spiro atoms. The number of ether oxygens (including phenoxy) is 1. The van der Waals surface area contributed by atoms with E-state index in [1.165, 1.54) is 24.0 Å². The van der Waals surface area contributed by atoms with Crippen LogP contribution in [0.4, 0.5) is 0 Å². The number of aryl methyl sites for hydroxylation is 2. The predicted molar refractivity (Wildman–Crippen MR) is 82.9 cm³/mol. The van der Waals surface area contributed by atoms with E-state index >= 15 is 0 Å². The molecule has 1 aliphatic rings. The smallest absolute Gasteiger partial charge is 0.130 e. The zero-order chi connectivity index (χ0) is 14.3. The highest BCUT2D eigenvalue weighted by Gasteiger charge is 2.26. The number of H-pyrrole nitrogens is 1. The normalized spacial score (nSPS) is 14.3. The van der Waals surface area contributed by atoms with Crippen molar-refractivity contribution < 1.29 is 4.74 Å². The molecule has 1 aromatic carbocycles. The third kappa shape index (κ3) is 2.48. The molecular formula is C16H18N2OS. The standard InChI is InChI=1S/C16H18N2OS/c1-9-6-10(2)15(13(7-9)19-3)12-8-14(20)18-16(17-12)11-4-5-11/h6-8,11H,4-5H2,1-3H3,(H,17,18,20). The Balaban J connectivity index is 2.20. The Hall–Kier alpha value is -1.68. The van der Waals surface area contributed by atoms with Gasteiger partial charge in [-0.05, 0) is 49.9 Å². The minimum absolute atomic E-state index is 0.549. The summed E-state index contributed by atoms with van der Waals surface area (Å²) in [6.45, 7) is 4.17. The van der Waals surface area contributed by atoms with Crippen molar-refractivity contribution in [2.75, 3.05) is 7.11 Å². The molecule has 3 rings (SSSR count). The van der Waals surface area contributed by atoms with Crippen molar-refractivity contribution in [1.82, 2.24) is 9.97 Å². The molecule has 0 radical (unpaired) electrons. The summed E-state index contributed by atoms with van der Waals surface area (Å²) in [6.07, 6.45) is 2.40. The highest BCUT2D eigenvalue weighted by molar-refractivity contribution is 7.71. The lowest BCUT2D eigenvalue weighted by molar-refractivity contribution is 0.415. The summed E-state index contributed by atoms with van der Waals surface area (Å²) in [5.74, 6) is 2.43. The van der Waals surface area contributed by atoms with Gasteiger partial charge in [-0.1, -0.05) is 18.3 Å². The van der Waals surface area contributed by atoms with Gasteiger partial charge >= 0.3 is 0 Å². The number of benzene rings is 1. The summed E-state index contributed by atoms with van der Waals surface area (Å²) in [7, 11) is 1.70. The molecule has 0 aliphatic heterocycles. The van der Waals surface area contributed by atoms with Crippen LogP contribution in [0.25, 0.3) is 11.3 Å². The quantitative estimate of drug-likeness (QED) is 0.854. The van der Waals surface area contributed by atoms with Gasteiger partial charge in [0.15, 0.2) is 0 Å². The minimum atomic E-state index is 0.549. The van der Waals surface area contributed by atoms with Crippen LogP contribution in [0.15, 0.2) is 18.2 Å². The van der Waals surface area contributed by atoms with E-state index in [9.17, 15) is 0 Å². The first kappa shape index (κ1) is 13.3. The van der Waals surface area contributed by atoms with E-state index in [0.29, 0.717) is 10.6 Å². The van der Waals surface area contributed by atoms with Crippen LogP contribution in [0.1, 0.15) is 35.7 Å². The first-order valence-electron chi connectivity index (χ1n) is 6.85. The van der Waals surface area contributed by atoms with Gasteiger partial charge in [0.2, 0.25) is 0 Å². The van der Waals surface area contributed by atoms with Gasteiger partial charge in [-0.2, -0.15) is 0 Å². The van der Waals surface area contributed by atoms with Crippen LogP contribution in [-0.2, 0) is 0 Å². The molecule has 1 aromatic heterocycles. The molecule has 0 amide bonds. The van der Waals surface area contributed by atoms with Crippen LogP contribution in [0, 0.1) is 18.5 Å². The van der Waals surface area contributed by atoms with E-state index in [0.717, 1.165) is 22.8 Å². The van der Waals surface area contributed by atoms with Gasteiger partial charge in [0, 0.05) is 11.5 Å². The Kier molecular flexibility index (Phi) is 3.34. The summed E-state index contributed by atoms with van der Waals surface area (Å²) >= 11 is 5.31. The molecule has 3 nitrogen and oxygen atoms in total. The molecule has 20 heavy (non-hydrogen) atoms. The molecule has 0 atom stereocenters. The van der Waals surface area contributed by atoms with Crippen LogP contribution >= 0.6 is 12.2 Å². The van der Waals surface area contributed by atoms with E-state index in [1.54, 1.807) is 7.11 Å². The predicted octanol–water partition coefficient (Wildman–Crippen LogP) is 4.31. The Morgan fingerprint density at radius 2 is 2.00 bits per heavy atom. The monoisotopic (exact) mass is 286 g/mol. The summed E-state index contributed by atoms with van der Waals surface area (Å²) in [6, 6.07) is 6.13. The number of nitrogens with one attached hydrogen (secondary N) is 1. The molecule has 2 aromatic rings. The largest absolute Gasteiger partial charge is 0.496 e. The van der Waals surface area contributed by atoms with Crippen molar-refractivity contribution in [2.24, 2.45) is 0 Å². The highest BCUT2D eigenvalue weighted by Crippen LogP contribution is 2.40. The van der Waals surface area contributed by atoms with Crippen molar-refractivity contribution in [2.45, 2.75) is 32.6 Å². The van der Waals surface area contributed by atoms with Gasteiger partial charge in [0.25, 0.3) is 0 Å². The first-order valence-corrected chi connectivity index (χ1v) is 7.26. The van der Waals surface area contributed by atoms with Gasteiger partial charge in [-0.3, -0.25) is 0 Å². The highest BCUT2D eigenvalue weighted by atomic mass is 32.1. The van der Waals surface area contributed by atoms with Gasteiger partial charge in [-0.15, -0.1) is 0 Å². The van der Waals surface area contributed by atoms with E-state index in [-0.39, 0.29) is 0 Å². The van der Waals surface area contributed by atoms with E-state index in [1.807, 2.05) is 6.07 Å². The Morgan fingerprint density at radius 3 is 2.65 bits per heavy atom. The molecule has 1 fully saturated rings. The maximum atomic E-state index is 5.54. The number of aromatic amines is 1. The first-order chi connectivity index (χ1) is 9.58. The third-order valence-electron chi connectivity index (χ3n) is 3.66. The molecule has 1 heterocycles. The van der Waals surface area contributed by atoms with Gasteiger partial charge in [0.1, 0.15) is 16.2 Å². The number of nitrogens with zero attached hydrogens (tertiary/aromatic N) is 1. The average molecular weight is 286 g/mol. The Morgan fingerprint density at radius 1 is 1.25 bits per heavy atom. The number of hydrogen-bond donors (Lipinski definition) is 1. The molecule has 0 unspecified atom stereocenters. The summed E-state index contributed by atoms with van der Waals surface area (Å²) < 4.78 is 6.18. The fourth-order valence-electron chi connectivity index (χ4n) is 2.60. The molecule has 1 N–H and O–H groups in total. The average Bonchev–Trinajstić information content (AvgIpc) is 3.21. The van der Waals surface area contributed by atoms with Crippen LogP contribution in [0.2, 0.25) is 0 Å². The molecule has 4 heteroatoms. The molecule has 104 valence electrons. The van der Waals surface area contributed by atoms with E-state index in [4.69, 9.17) is 17.0 Å². The second-order valence-electron chi connectivity index (χ2n) is 5.45. The molecule has 1 saturated carbocycles. The third-order valence-corrected chi connectivity index (χ3v) is 3.87. The van der Waals surface area contributed by atoms with Crippen LogP contribution in [0.3, 0.4) is 0 Å². The van der Waals surface area contributed by atoms with E-state index < -0.39 is 0 Å². The zero-order valence-corrected chi connectivity index (χ0v) is 12.8. The van der Waals surface area contributed by atoms with Crippen LogP contribution < -0.4 is 4.74 Å². The zero-order valence-electron chi connectivity index (χ0n) is 12.0. The maximum Gasteiger partial charge on any atom is 0.130 e. The van der Waals surface area contributed by atoms with Crippen molar-refractivity contribution in [3.05, 3.63) is 39.8 Å². The van der Waals surface area contributed by atoms with Crippen molar-refractivity contribution in [1.29, 1.82) is 0 Å². The maximum absolute atomic E-state index is 5.54. The summed E-state index contributed by atoms with van der Waals surface area (Å²) in [4.78, 5) is 7.88. The Bertz CT molecular complexity index is 717. The topological polar surface area (TPSA) is 37.9 Å². The fourth-order valence-corrected chi connectivity index (χ4v) is 2.81.